The van der Waals surface area contributed by atoms with E-state index in [9.17, 15) is 4.39 Å². The first kappa shape index (κ1) is 28.0. The molecule has 4 rings (SSSR count). The lowest BCUT2D eigenvalue weighted by molar-refractivity contribution is -0.0699. The van der Waals surface area contributed by atoms with Gasteiger partial charge in [0.15, 0.2) is 11.6 Å². The van der Waals surface area contributed by atoms with Crippen molar-refractivity contribution in [3.8, 4) is 11.3 Å². The summed E-state index contributed by atoms with van der Waals surface area (Å²) in [6.07, 6.45) is 7.84. The van der Waals surface area contributed by atoms with E-state index >= 15 is 0 Å². The highest BCUT2D eigenvalue weighted by atomic mass is 35.5. The van der Waals surface area contributed by atoms with Crippen LogP contribution in [0.1, 0.15) is 59.3 Å². The highest BCUT2D eigenvalue weighted by Gasteiger charge is 2.29. The van der Waals surface area contributed by atoms with E-state index in [4.69, 9.17) is 21.1 Å². The lowest BCUT2D eigenvalue weighted by atomic mass is 9.88. The van der Waals surface area contributed by atoms with E-state index in [1.807, 2.05) is 6.07 Å². The minimum absolute atomic E-state index is 0.148. The zero-order valence-corrected chi connectivity index (χ0v) is 23.2. The third-order valence-corrected chi connectivity index (χ3v) is 7.65. The first-order valence-corrected chi connectivity index (χ1v) is 13.8. The number of nitrogens with zero attached hydrogens (tertiary/aromatic N) is 2. The Balaban J connectivity index is 1.38. The Labute approximate surface area is 225 Å². The number of hydrogen-bond acceptors (Lipinski definition) is 7. The molecule has 37 heavy (non-hydrogen) atoms. The summed E-state index contributed by atoms with van der Waals surface area (Å²) in [5.74, 6) is 1.04. The maximum Gasteiger partial charge on any atom is 0.165 e. The van der Waals surface area contributed by atoms with Crippen molar-refractivity contribution in [1.29, 1.82) is 0 Å². The van der Waals surface area contributed by atoms with Gasteiger partial charge in [0.1, 0.15) is 5.82 Å². The summed E-state index contributed by atoms with van der Waals surface area (Å²) in [6.45, 7) is 8.45. The average Bonchev–Trinajstić information content (AvgIpc) is 2.85. The number of ether oxygens (including phenoxy) is 2. The Morgan fingerprint density at radius 2 is 1.95 bits per heavy atom. The monoisotopic (exact) mass is 533 g/mol. The predicted molar refractivity (Wildman–Crippen MR) is 148 cm³/mol. The summed E-state index contributed by atoms with van der Waals surface area (Å²) >= 11 is 6.51. The molecule has 1 saturated heterocycles. The Morgan fingerprint density at radius 3 is 2.68 bits per heavy atom. The van der Waals surface area contributed by atoms with Crippen molar-refractivity contribution < 1.29 is 13.9 Å². The third-order valence-electron chi connectivity index (χ3n) is 7.35. The molecule has 2 aromatic heterocycles. The van der Waals surface area contributed by atoms with Crippen molar-refractivity contribution in [1.82, 2.24) is 15.3 Å². The minimum atomic E-state index is -0.371. The molecular formula is C28H41ClFN5O2. The topological polar surface area (TPSA) is 80.3 Å². The molecule has 1 aliphatic carbocycles. The number of hydrogen-bond donors (Lipinski definition) is 3. The zero-order chi connectivity index (χ0) is 26.4. The molecule has 2 aliphatic rings. The third kappa shape index (κ3) is 7.99. The summed E-state index contributed by atoms with van der Waals surface area (Å²) in [6, 6.07) is 6.24. The second-order valence-electron chi connectivity index (χ2n) is 11.1. The van der Waals surface area contributed by atoms with Crippen molar-refractivity contribution >= 4 is 23.2 Å². The van der Waals surface area contributed by atoms with Crippen LogP contribution >= 0.6 is 11.6 Å². The number of pyridine rings is 2. The quantitative estimate of drug-likeness (QED) is 0.351. The number of methoxy groups -OCH3 is 1. The first-order chi connectivity index (χ1) is 17.7. The Hall–Kier alpha value is -2.00. The summed E-state index contributed by atoms with van der Waals surface area (Å²) < 4.78 is 25.7. The van der Waals surface area contributed by atoms with E-state index in [1.165, 1.54) is 6.07 Å². The van der Waals surface area contributed by atoms with Crippen LogP contribution in [0.25, 0.3) is 11.3 Å². The lowest BCUT2D eigenvalue weighted by Gasteiger charge is -2.35. The second kappa shape index (κ2) is 12.7. The minimum Gasteiger partial charge on any atom is -0.383 e. The molecule has 2 atom stereocenters. The SMILES string of the molecule is COC[C@H](C)NC1CCC(Nc2cc(-c3ccc(F)c(NCC4CCOC(C)(C)C4)n3)c(Cl)cn2)CC1. The second-order valence-corrected chi connectivity index (χ2v) is 11.5. The Morgan fingerprint density at radius 1 is 1.19 bits per heavy atom. The Kier molecular flexibility index (Phi) is 9.62. The van der Waals surface area contributed by atoms with Gasteiger partial charge in [0, 0.05) is 50.1 Å². The summed E-state index contributed by atoms with van der Waals surface area (Å²) in [5, 5.41) is 10.9. The molecule has 0 spiro atoms. The number of halogens is 2. The first-order valence-electron chi connectivity index (χ1n) is 13.4. The smallest absolute Gasteiger partial charge is 0.165 e. The van der Waals surface area contributed by atoms with Gasteiger partial charge < -0.3 is 25.4 Å². The molecule has 2 aromatic rings. The molecule has 0 aromatic carbocycles. The van der Waals surface area contributed by atoms with Gasteiger partial charge in [0.05, 0.1) is 22.9 Å². The molecular weight excluding hydrogens is 493 g/mol. The highest BCUT2D eigenvalue weighted by Crippen LogP contribution is 2.32. The molecule has 9 heteroatoms. The van der Waals surface area contributed by atoms with Gasteiger partial charge in [-0.15, -0.1) is 0 Å². The maximum atomic E-state index is 14.6. The number of anilines is 2. The van der Waals surface area contributed by atoms with Crippen LogP contribution in [-0.2, 0) is 9.47 Å². The van der Waals surface area contributed by atoms with Gasteiger partial charge in [-0.3, -0.25) is 0 Å². The van der Waals surface area contributed by atoms with Crippen molar-refractivity contribution in [3.05, 3.63) is 35.2 Å². The molecule has 204 valence electrons. The van der Waals surface area contributed by atoms with Gasteiger partial charge in [-0.2, -0.15) is 0 Å². The fraction of sp³-hybridized carbons (Fsp3) is 0.643. The van der Waals surface area contributed by atoms with Crippen LogP contribution in [0.5, 0.6) is 0 Å². The van der Waals surface area contributed by atoms with Crippen LogP contribution in [-0.4, -0.2) is 60.6 Å². The molecule has 1 saturated carbocycles. The van der Waals surface area contributed by atoms with Crippen LogP contribution in [0.2, 0.25) is 5.02 Å². The number of aromatic nitrogens is 2. The van der Waals surface area contributed by atoms with Crippen molar-refractivity contribution in [2.75, 3.05) is 37.5 Å². The molecule has 3 N–H and O–H groups in total. The van der Waals surface area contributed by atoms with Gasteiger partial charge >= 0.3 is 0 Å². The van der Waals surface area contributed by atoms with Crippen LogP contribution in [0.3, 0.4) is 0 Å². The van der Waals surface area contributed by atoms with Crippen LogP contribution in [0.15, 0.2) is 24.4 Å². The lowest BCUT2D eigenvalue weighted by Crippen LogP contribution is -2.42. The molecule has 2 fully saturated rings. The molecule has 1 aliphatic heterocycles. The highest BCUT2D eigenvalue weighted by molar-refractivity contribution is 6.33. The van der Waals surface area contributed by atoms with Crippen LogP contribution < -0.4 is 16.0 Å². The van der Waals surface area contributed by atoms with E-state index in [0.717, 1.165) is 63.1 Å². The van der Waals surface area contributed by atoms with E-state index in [0.29, 0.717) is 41.3 Å². The fourth-order valence-electron chi connectivity index (χ4n) is 5.52. The van der Waals surface area contributed by atoms with E-state index in [-0.39, 0.29) is 17.2 Å². The molecule has 1 unspecified atom stereocenters. The van der Waals surface area contributed by atoms with Crippen molar-refractivity contribution in [3.63, 3.8) is 0 Å². The van der Waals surface area contributed by atoms with E-state index in [2.05, 4.69) is 46.7 Å². The van der Waals surface area contributed by atoms with Gasteiger partial charge in [0.2, 0.25) is 0 Å². The zero-order valence-electron chi connectivity index (χ0n) is 22.4. The molecule has 0 bridgehead atoms. The number of rotatable bonds is 10. The maximum absolute atomic E-state index is 14.6. The average molecular weight is 534 g/mol. The summed E-state index contributed by atoms with van der Waals surface area (Å²) in [5.41, 5.74) is 1.20. The summed E-state index contributed by atoms with van der Waals surface area (Å²) in [7, 11) is 1.74. The van der Waals surface area contributed by atoms with Crippen LogP contribution in [0.4, 0.5) is 16.0 Å². The number of nitrogens with one attached hydrogen (secondary N) is 3. The molecule has 0 radical (unpaired) electrons. The predicted octanol–water partition coefficient (Wildman–Crippen LogP) is 5.90. The fourth-order valence-corrected chi connectivity index (χ4v) is 5.72. The Bertz CT molecular complexity index is 1030. The largest absolute Gasteiger partial charge is 0.383 e. The van der Waals surface area contributed by atoms with Crippen molar-refractivity contribution in [2.45, 2.75) is 83.0 Å². The normalized spacial score (nSPS) is 24.4. The van der Waals surface area contributed by atoms with Gasteiger partial charge in [-0.1, -0.05) is 11.6 Å². The van der Waals surface area contributed by atoms with E-state index in [1.54, 1.807) is 19.4 Å². The molecule has 3 heterocycles. The van der Waals surface area contributed by atoms with Crippen LogP contribution in [0, 0.1) is 11.7 Å². The van der Waals surface area contributed by atoms with Crippen molar-refractivity contribution in [2.24, 2.45) is 5.92 Å². The molecule has 7 nitrogen and oxygen atoms in total. The van der Waals surface area contributed by atoms with Gasteiger partial charge in [-0.25, -0.2) is 14.4 Å². The van der Waals surface area contributed by atoms with Gasteiger partial charge in [0.25, 0.3) is 0 Å². The standard InChI is InChI=1S/C28H41ClFN5O2/c1-18(17-36-4)33-20-5-7-21(8-6-20)34-26-13-22(23(29)16-31-26)25-10-9-24(30)27(35-25)32-15-19-11-12-37-28(2,3)14-19/h9-10,13,16,18-21,33H,5-8,11-12,14-15,17H2,1-4H3,(H,31,34)(H,32,35)/t18-,19?,20?,21?/m0/s1. The van der Waals surface area contributed by atoms with E-state index < -0.39 is 0 Å². The molecule has 0 amide bonds. The van der Waals surface area contributed by atoms with Gasteiger partial charge in [-0.05, 0) is 83.4 Å². The summed E-state index contributed by atoms with van der Waals surface area (Å²) in [4.78, 5) is 9.09.